The maximum atomic E-state index is 11.9. The fraction of sp³-hybridized carbons (Fsp3) is 0.200. The van der Waals surface area contributed by atoms with E-state index < -0.39 is 0 Å². The molecule has 0 aliphatic carbocycles. The number of pyridine rings is 1. The van der Waals surface area contributed by atoms with Crippen LogP contribution in [0.4, 0.5) is 5.69 Å². The van der Waals surface area contributed by atoms with Crippen LogP contribution < -0.4 is 15.2 Å². The number of carbonyl (C=O) groups is 1. The average Bonchev–Trinajstić information content (AvgIpc) is 2.48. The van der Waals surface area contributed by atoms with E-state index in [1.165, 1.54) is 18.2 Å². The van der Waals surface area contributed by atoms with Gasteiger partial charge in [0.05, 0.1) is 7.11 Å². The summed E-state index contributed by atoms with van der Waals surface area (Å²) < 4.78 is 11.0. The van der Waals surface area contributed by atoms with Gasteiger partial charge in [-0.05, 0) is 18.2 Å². The second-order valence-electron chi connectivity index (χ2n) is 4.59. The van der Waals surface area contributed by atoms with Gasteiger partial charge in [-0.15, -0.1) is 0 Å². The van der Waals surface area contributed by atoms with E-state index in [1.54, 1.807) is 44.4 Å². The van der Waals surface area contributed by atoms with Crippen LogP contribution in [0.25, 0.3) is 0 Å². The van der Waals surface area contributed by atoms with E-state index in [0.717, 1.165) is 0 Å². The van der Waals surface area contributed by atoms with Crippen LogP contribution in [0.15, 0.2) is 36.5 Å². The third-order valence-electron chi connectivity index (χ3n) is 2.77. The molecular weight excluding hydrogens is 270 g/mol. The summed E-state index contributed by atoms with van der Waals surface area (Å²) in [7, 11) is 4.87. The fourth-order valence-corrected chi connectivity index (χ4v) is 1.72. The minimum atomic E-state index is -0.190. The highest BCUT2D eigenvalue weighted by Gasteiger charge is 2.12. The van der Waals surface area contributed by atoms with Crippen molar-refractivity contribution in [2.45, 2.75) is 0 Å². The van der Waals surface area contributed by atoms with Gasteiger partial charge in [0.1, 0.15) is 11.4 Å². The number of benzene rings is 1. The van der Waals surface area contributed by atoms with Crippen LogP contribution in [-0.2, 0) is 0 Å². The fourth-order valence-electron chi connectivity index (χ4n) is 1.72. The molecule has 0 radical (unpaired) electrons. The van der Waals surface area contributed by atoms with Gasteiger partial charge in [-0.25, -0.2) is 0 Å². The molecule has 0 fully saturated rings. The van der Waals surface area contributed by atoms with Crippen LogP contribution in [-0.4, -0.2) is 37.0 Å². The summed E-state index contributed by atoms with van der Waals surface area (Å²) in [6.07, 6.45) is 1.52. The number of hydrogen-bond acceptors (Lipinski definition) is 5. The van der Waals surface area contributed by atoms with Gasteiger partial charge < -0.3 is 20.1 Å². The SMILES string of the molecule is COc1cc(N)ccc1Oc1ccnc(C(=O)N(C)C)c1. The van der Waals surface area contributed by atoms with Crippen molar-refractivity contribution in [3.63, 3.8) is 0 Å². The lowest BCUT2D eigenvalue weighted by atomic mass is 10.2. The Bertz CT molecular complexity index is 656. The first-order valence-corrected chi connectivity index (χ1v) is 6.30. The highest BCUT2D eigenvalue weighted by Crippen LogP contribution is 2.33. The van der Waals surface area contributed by atoms with Gasteiger partial charge in [-0.3, -0.25) is 9.78 Å². The molecule has 6 nitrogen and oxygen atoms in total. The molecule has 2 aromatic rings. The molecule has 1 heterocycles. The molecular formula is C15H17N3O3. The number of amides is 1. The number of rotatable bonds is 4. The molecule has 2 rings (SSSR count). The number of ether oxygens (including phenoxy) is 2. The summed E-state index contributed by atoms with van der Waals surface area (Å²) in [5, 5.41) is 0. The molecule has 2 N–H and O–H groups in total. The quantitative estimate of drug-likeness (QED) is 0.872. The maximum absolute atomic E-state index is 11.9. The van der Waals surface area contributed by atoms with E-state index in [2.05, 4.69) is 4.98 Å². The summed E-state index contributed by atoms with van der Waals surface area (Å²) >= 11 is 0. The van der Waals surface area contributed by atoms with Crippen molar-refractivity contribution in [2.24, 2.45) is 0 Å². The predicted octanol–water partition coefficient (Wildman–Crippen LogP) is 2.17. The highest BCUT2D eigenvalue weighted by atomic mass is 16.5. The number of anilines is 1. The number of carbonyl (C=O) groups excluding carboxylic acids is 1. The Labute approximate surface area is 123 Å². The summed E-state index contributed by atoms with van der Waals surface area (Å²) in [4.78, 5) is 17.4. The van der Waals surface area contributed by atoms with Crippen LogP contribution in [0, 0.1) is 0 Å². The zero-order chi connectivity index (χ0) is 15.4. The molecule has 1 aromatic carbocycles. The molecule has 1 aromatic heterocycles. The Morgan fingerprint density at radius 2 is 1.95 bits per heavy atom. The number of methoxy groups -OCH3 is 1. The molecule has 6 heteroatoms. The lowest BCUT2D eigenvalue weighted by Gasteiger charge is -2.12. The Hall–Kier alpha value is -2.76. The minimum Gasteiger partial charge on any atom is -0.493 e. The van der Waals surface area contributed by atoms with Crippen LogP contribution in [0.1, 0.15) is 10.5 Å². The number of nitrogens with two attached hydrogens (primary N) is 1. The largest absolute Gasteiger partial charge is 0.493 e. The van der Waals surface area contributed by atoms with Crippen LogP contribution in [0.2, 0.25) is 0 Å². The minimum absolute atomic E-state index is 0.190. The van der Waals surface area contributed by atoms with Gasteiger partial charge in [-0.1, -0.05) is 0 Å². The van der Waals surface area contributed by atoms with Crippen LogP contribution >= 0.6 is 0 Å². The van der Waals surface area contributed by atoms with E-state index in [4.69, 9.17) is 15.2 Å². The van der Waals surface area contributed by atoms with E-state index in [-0.39, 0.29) is 5.91 Å². The van der Waals surface area contributed by atoms with Crippen molar-refractivity contribution in [3.8, 4) is 17.2 Å². The molecule has 0 spiro atoms. The van der Waals surface area contributed by atoms with Crippen LogP contribution in [0.5, 0.6) is 17.2 Å². The van der Waals surface area contributed by atoms with E-state index >= 15 is 0 Å². The van der Waals surface area contributed by atoms with Gasteiger partial charge in [0.2, 0.25) is 0 Å². The summed E-state index contributed by atoms with van der Waals surface area (Å²) in [6.45, 7) is 0. The molecule has 0 unspecified atom stereocenters. The first-order chi connectivity index (χ1) is 10.0. The molecule has 21 heavy (non-hydrogen) atoms. The third-order valence-corrected chi connectivity index (χ3v) is 2.77. The Morgan fingerprint density at radius 3 is 2.62 bits per heavy atom. The molecule has 110 valence electrons. The van der Waals surface area contributed by atoms with Crippen molar-refractivity contribution >= 4 is 11.6 Å². The number of nitrogens with zero attached hydrogens (tertiary/aromatic N) is 2. The molecule has 0 aliphatic rings. The number of nitrogen functional groups attached to an aromatic ring is 1. The second kappa shape index (κ2) is 6.13. The monoisotopic (exact) mass is 287 g/mol. The van der Waals surface area contributed by atoms with Crippen LogP contribution in [0.3, 0.4) is 0 Å². The molecule has 0 saturated heterocycles. The zero-order valence-corrected chi connectivity index (χ0v) is 12.2. The summed E-state index contributed by atoms with van der Waals surface area (Å²) in [5.74, 6) is 1.34. The van der Waals surface area contributed by atoms with Gasteiger partial charge in [-0.2, -0.15) is 0 Å². The van der Waals surface area contributed by atoms with Crippen molar-refractivity contribution in [1.29, 1.82) is 0 Å². The van der Waals surface area contributed by atoms with E-state index in [1.807, 2.05) is 0 Å². The standard InChI is InChI=1S/C15H17N3O3/c1-18(2)15(19)12-9-11(6-7-17-12)21-13-5-4-10(16)8-14(13)20-3/h4-9H,16H2,1-3H3. The first kappa shape index (κ1) is 14.6. The van der Waals surface area contributed by atoms with Crippen molar-refractivity contribution in [3.05, 3.63) is 42.2 Å². The smallest absolute Gasteiger partial charge is 0.272 e. The first-order valence-electron chi connectivity index (χ1n) is 6.30. The second-order valence-corrected chi connectivity index (χ2v) is 4.59. The van der Waals surface area contributed by atoms with Gasteiger partial charge in [0, 0.05) is 38.1 Å². The molecule has 0 bridgehead atoms. The van der Waals surface area contributed by atoms with Crippen molar-refractivity contribution in [2.75, 3.05) is 26.9 Å². The normalized spacial score (nSPS) is 10.0. The third kappa shape index (κ3) is 3.42. The van der Waals surface area contributed by atoms with Crippen molar-refractivity contribution in [1.82, 2.24) is 9.88 Å². The van der Waals surface area contributed by atoms with E-state index in [0.29, 0.717) is 28.6 Å². The molecule has 0 aliphatic heterocycles. The lowest BCUT2D eigenvalue weighted by Crippen LogP contribution is -2.22. The zero-order valence-electron chi connectivity index (χ0n) is 12.2. The Kier molecular flexibility index (Phi) is 4.27. The topological polar surface area (TPSA) is 77.7 Å². The molecule has 0 saturated carbocycles. The van der Waals surface area contributed by atoms with Gasteiger partial charge in [0.15, 0.2) is 11.5 Å². The van der Waals surface area contributed by atoms with Gasteiger partial charge >= 0.3 is 0 Å². The Morgan fingerprint density at radius 1 is 1.19 bits per heavy atom. The summed E-state index contributed by atoms with van der Waals surface area (Å²) in [5.41, 5.74) is 6.59. The Balaban J connectivity index is 2.28. The maximum Gasteiger partial charge on any atom is 0.272 e. The van der Waals surface area contributed by atoms with Crippen molar-refractivity contribution < 1.29 is 14.3 Å². The highest BCUT2D eigenvalue weighted by molar-refractivity contribution is 5.92. The molecule has 0 atom stereocenters. The average molecular weight is 287 g/mol. The number of aromatic nitrogens is 1. The number of hydrogen-bond donors (Lipinski definition) is 1. The van der Waals surface area contributed by atoms with Gasteiger partial charge in [0.25, 0.3) is 5.91 Å². The van der Waals surface area contributed by atoms with E-state index in [9.17, 15) is 4.79 Å². The lowest BCUT2D eigenvalue weighted by molar-refractivity contribution is 0.0821. The molecule has 1 amide bonds. The predicted molar refractivity (Wildman–Crippen MR) is 79.7 cm³/mol. The summed E-state index contributed by atoms with van der Waals surface area (Å²) in [6, 6.07) is 8.34.